The van der Waals surface area contributed by atoms with Crippen molar-refractivity contribution in [3.8, 4) is 11.4 Å². The third-order valence-corrected chi connectivity index (χ3v) is 2.58. The summed E-state index contributed by atoms with van der Waals surface area (Å²) in [5.74, 6) is -0.953. The van der Waals surface area contributed by atoms with E-state index in [1.807, 2.05) is 6.07 Å². The minimum atomic E-state index is -1.22. The number of carboxylic acid groups (broad SMARTS) is 1. The number of carboxylic acids is 1. The van der Waals surface area contributed by atoms with E-state index in [2.05, 4.69) is 15.3 Å². The number of aromatic nitrogens is 2. The maximum Gasteiger partial charge on any atom is 0.413 e. The van der Waals surface area contributed by atoms with E-state index >= 15 is 0 Å². The molecule has 0 bridgehead atoms. The maximum atomic E-state index is 11.8. The summed E-state index contributed by atoms with van der Waals surface area (Å²) in [6, 6.07) is 9.01. The highest BCUT2D eigenvalue weighted by Gasteiger charge is 2.22. The molecule has 116 valence electrons. The lowest BCUT2D eigenvalue weighted by molar-refractivity contribution is 0.0635. The van der Waals surface area contributed by atoms with Crippen molar-refractivity contribution in [2.75, 3.05) is 5.32 Å². The zero-order chi connectivity index (χ0) is 16.3. The maximum absolute atomic E-state index is 11.8. The third kappa shape index (κ3) is 3.85. The second-order valence-corrected chi connectivity index (χ2v) is 5.61. The molecule has 1 aromatic carbocycles. The fourth-order valence-corrected chi connectivity index (χ4v) is 1.75. The van der Waals surface area contributed by atoms with Gasteiger partial charge in [0.2, 0.25) is 0 Å². The van der Waals surface area contributed by atoms with Crippen LogP contribution in [0, 0.1) is 0 Å². The molecule has 1 heterocycles. The summed E-state index contributed by atoms with van der Waals surface area (Å²) >= 11 is 0. The van der Waals surface area contributed by atoms with Crippen molar-refractivity contribution < 1.29 is 19.4 Å². The zero-order valence-electron chi connectivity index (χ0n) is 12.5. The van der Waals surface area contributed by atoms with Gasteiger partial charge >= 0.3 is 12.1 Å². The average Bonchev–Trinajstić information content (AvgIpc) is 2.81. The minimum Gasteiger partial charge on any atom is -0.476 e. The molecule has 3 N–H and O–H groups in total. The molecule has 0 aliphatic carbocycles. The Morgan fingerprint density at radius 1 is 1.23 bits per heavy atom. The summed E-state index contributed by atoms with van der Waals surface area (Å²) in [5, 5.41) is 11.6. The van der Waals surface area contributed by atoms with Gasteiger partial charge in [0, 0.05) is 5.56 Å². The van der Waals surface area contributed by atoms with Crippen molar-refractivity contribution in [2.24, 2.45) is 0 Å². The normalized spacial score (nSPS) is 11.0. The monoisotopic (exact) mass is 303 g/mol. The predicted molar refractivity (Wildman–Crippen MR) is 80.8 cm³/mol. The topological polar surface area (TPSA) is 104 Å². The Bertz CT molecular complexity index is 687. The summed E-state index contributed by atoms with van der Waals surface area (Å²) in [4.78, 5) is 29.8. The van der Waals surface area contributed by atoms with Crippen LogP contribution in [0.5, 0.6) is 0 Å². The quantitative estimate of drug-likeness (QED) is 0.808. The Kier molecular flexibility index (Phi) is 4.16. The first-order valence-electron chi connectivity index (χ1n) is 6.65. The van der Waals surface area contributed by atoms with E-state index in [9.17, 15) is 14.7 Å². The molecule has 0 aliphatic heterocycles. The van der Waals surface area contributed by atoms with Crippen LogP contribution < -0.4 is 5.32 Å². The number of hydrogen-bond donors (Lipinski definition) is 3. The summed E-state index contributed by atoms with van der Waals surface area (Å²) in [6.45, 7) is 5.14. The molecule has 2 aromatic rings. The van der Waals surface area contributed by atoms with Crippen molar-refractivity contribution in [2.45, 2.75) is 26.4 Å². The number of hydrogen-bond acceptors (Lipinski definition) is 4. The molecule has 22 heavy (non-hydrogen) atoms. The summed E-state index contributed by atoms with van der Waals surface area (Å²) < 4.78 is 5.09. The third-order valence-electron chi connectivity index (χ3n) is 2.58. The highest BCUT2D eigenvalue weighted by atomic mass is 16.6. The second-order valence-electron chi connectivity index (χ2n) is 5.61. The first kappa shape index (κ1) is 15.6. The molecule has 0 unspecified atom stereocenters. The van der Waals surface area contributed by atoms with E-state index in [-0.39, 0.29) is 11.5 Å². The Balaban J connectivity index is 2.29. The fraction of sp³-hybridized carbons (Fsp3) is 0.267. The second kappa shape index (κ2) is 5.88. The molecule has 0 spiro atoms. The van der Waals surface area contributed by atoms with Crippen LogP contribution in [0.15, 0.2) is 30.3 Å². The van der Waals surface area contributed by atoms with Gasteiger partial charge in [-0.25, -0.2) is 14.6 Å². The Morgan fingerprint density at radius 2 is 1.86 bits per heavy atom. The van der Waals surface area contributed by atoms with E-state index < -0.39 is 17.7 Å². The number of aromatic amines is 1. The van der Waals surface area contributed by atoms with E-state index in [0.717, 1.165) is 0 Å². The van der Waals surface area contributed by atoms with E-state index in [4.69, 9.17) is 4.74 Å². The summed E-state index contributed by atoms with van der Waals surface area (Å²) in [7, 11) is 0. The summed E-state index contributed by atoms with van der Waals surface area (Å²) in [6.07, 6.45) is -0.763. The highest BCUT2D eigenvalue weighted by Crippen LogP contribution is 2.22. The van der Waals surface area contributed by atoms with Gasteiger partial charge in [-0.15, -0.1) is 0 Å². The van der Waals surface area contributed by atoms with Gasteiger partial charge in [0.1, 0.15) is 11.4 Å². The summed E-state index contributed by atoms with van der Waals surface area (Å²) in [5.41, 5.74) is -0.182. The number of ether oxygens (including phenoxy) is 1. The Morgan fingerprint density at radius 3 is 2.41 bits per heavy atom. The van der Waals surface area contributed by atoms with Crippen LogP contribution in [0.3, 0.4) is 0 Å². The number of benzene rings is 1. The molecule has 0 radical (unpaired) electrons. The van der Waals surface area contributed by atoms with Crippen molar-refractivity contribution in [1.82, 2.24) is 9.97 Å². The zero-order valence-corrected chi connectivity index (χ0v) is 12.5. The molecule has 0 saturated carbocycles. The molecular weight excluding hydrogens is 286 g/mol. The number of imidazole rings is 1. The minimum absolute atomic E-state index is 0.0828. The number of amides is 1. The van der Waals surface area contributed by atoms with Crippen molar-refractivity contribution >= 4 is 17.9 Å². The molecule has 0 fully saturated rings. The SMILES string of the molecule is CC(C)(C)OC(=O)Nc1nc(-c2ccccc2)[nH]c1C(=O)O. The van der Waals surface area contributed by atoms with Crippen molar-refractivity contribution in [1.29, 1.82) is 0 Å². The van der Waals surface area contributed by atoms with Gasteiger partial charge < -0.3 is 14.8 Å². The lowest BCUT2D eigenvalue weighted by Gasteiger charge is -2.19. The van der Waals surface area contributed by atoms with Crippen LogP contribution >= 0.6 is 0 Å². The van der Waals surface area contributed by atoms with Gasteiger partial charge in [0.05, 0.1) is 0 Å². The first-order valence-corrected chi connectivity index (χ1v) is 6.65. The van der Waals surface area contributed by atoms with E-state index in [0.29, 0.717) is 11.4 Å². The number of carbonyl (C=O) groups excluding carboxylic acids is 1. The van der Waals surface area contributed by atoms with E-state index in [1.165, 1.54) is 0 Å². The number of H-pyrrole nitrogens is 1. The van der Waals surface area contributed by atoms with Gasteiger partial charge in [0.15, 0.2) is 11.5 Å². The number of aromatic carboxylic acids is 1. The molecule has 1 amide bonds. The lowest BCUT2D eigenvalue weighted by atomic mass is 10.2. The first-order chi connectivity index (χ1) is 10.3. The Labute approximate surface area is 127 Å². The fourth-order valence-electron chi connectivity index (χ4n) is 1.75. The average molecular weight is 303 g/mol. The van der Waals surface area contributed by atoms with Crippen LogP contribution in [0.4, 0.5) is 10.6 Å². The standard InChI is InChI=1S/C15H17N3O4/c1-15(2,3)22-14(21)18-12-10(13(19)20)16-11(17-12)9-7-5-4-6-8-9/h4-8H,1-3H3,(H,16,17)(H,18,21)(H,19,20). The van der Waals surface area contributed by atoms with Crippen molar-refractivity contribution in [3.63, 3.8) is 0 Å². The van der Waals surface area contributed by atoms with Gasteiger partial charge in [-0.1, -0.05) is 30.3 Å². The lowest BCUT2D eigenvalue weighted by Crippen LogP contribution is -2.27. The number of nitrogens with one attached hydrogen (secondary N) is 2. The smallest absolute Gasteiger partial charge is 0.413 e. The van der Waals surface area contributed by atoms with Crippen LogP contribution in [0.1, 0.15) is 31.3 Å². The van der Waals surface area contributed by atoms with E-state index in [1.54, 1.807) is 45.0 Å². The van der Waals surface area contributed by atoms with Gasteiger partial charge in [-0.2, -0.15) is 0 Å². The molecule has 7 nitrogen and oxygen atoms in total. The highest BCUT2D eigenvalue weighted by molar-refractivity contribution is 5.96. The van der Waals surface area contributed by atoms with Crippen LogP contribution in [0.25, 0.3) is 11.4 Å². The van der Waals surface area contributed by atoms with Gasteiger partial charge in [-0.05, 0) is 20.8 Å². The van der Waals surface area contributed by atoms with Gasteiger partial charge in [-0.3, -0.25) is 5.32 Å². The molecule has 1 aromatic heterocycles. The molecular formula is C15H17N3O4. The van der Waals surface area contributed by atoms with Crippen LogP contribution in [-0.2, 0) is 4.74 Å². The van der Waals surface area contributed by atoms with Crippen LogP contribution in [-0.4, -0.2) is 32.7 Å². The number of nitrogens with zero attached hydrogens (tertiary/aromatic N) is 1. The number of rotatable bonds is 3. The van der Waals surface area contributed by atoms with Crippen molar-refractivity contribution in [3.05, 3.63) is 36.0 Å². The predicted octanol–water partition coefficient (Wildman–Crippen LogP) is 3.12. The molecule has 0 atom stereocenters. The van der Waals surface area contributed by atoms with Gasteiger partial charge in [0.25, 0.3) is 0 Å². The number of anilines is 1. The largest absolute Gasteiger partial charge is 0.476 e. The molecule has 2 rings (SSSR count). The molecule has 7 heteroatoms. The van der Waals surface area contributed by atoms with Crippen LogP contribution in [0.2, 0.25) is 0 Å². The Hall–Kier alpha value is -2.83. The molecule has 0 aliphatic rings. The number of carbonyl (C=O) groups is 2. The molecule has 0 saturated heterocycles.